The molecule has 8 rings (SSSR count). The molecule has 15 nitrogen and oxygen atoms in total. The lowest BCUT2D eigenvalue weighted by Crippen LogP contribution is -2.23. The Kier molecular flexibility index (Phi) is 20.5. The van der Waals surface area contributed by atoms with E-state index in [0.717, 1.165) is 16.7 Å². The molecule has 0 spiro atoms. The fourth-order valence-corrected chi connectivity index (χ4v) is 7.19. The molecule has 0 saturated carbocycles. The maximum absolute atomic E-state index is 12.1. The Bertz CT molecular complexity index is 2580. The third kappa shape index (κ3) is 13.5. The van der Waals surface area contributed by atoms with Crippen LogP contribution in [0, 0.1) is 20.2 Å². The van der Waals surface area contributed by atoms with Gasteiger partial charge in [-0.15, -0.1) is 0 Å². The van der Waals surface area contributed by atoms with Gasteiger partial charge in [-0.3, -0.25) is 20.2 Å². The molecule has 19 heteroatoms. The minimum atomic E-state index is -1.04. The molecule has 0 aliphatic heterocycles. The fraction of sp³-hybridized carbons (Fsp3) is 0.318. The van der Waals surface area contributed by atoms with Crippen LogP contribution in [0.2, 0.25) is 5.02 Å². The molecule has 0 fully saturated rings. The molecule has 6 aromatic rings. The van der Waals surface area contributed by atoms with Crippen LogP contribution in [0.25, 0.3) is 21.9 Å². The lowest BCUT2D eigenvalue weighted by molar-refractivity contribution is -0.387. The number of fused-ring (bicyclic) bond motifs is 4. The summed E-state index contributed by atoms with van der Waals surface area (Å²) in [5.41, 5.74) is 6.97. The molecule has 5 N–H and O–H groups in total. The monoisotopic (exact) mass is 947 g/mol. The summed E-state index contributed by atoms with van der Waals surface area (Å²) < 4.78 is 9.06. The van der Waals surface area contributed by atoms with Crippen molar-refractivity contribution >= 4 is 85.4 Å². The highest BCUT2D eigenvalue weighted by atomic mass is 35.6. The van der Waals surface area contributed by atoms with Crippen molar-refractivity contribution in [1.29, 1.82) is 0 Å². The van der Waals surface area contributed by atoms with Crippen molar-refractivity contribution in [2.75, 3.05) is 25.0 Å². The average Bonchev–Trinajstić information content (AvgIpc) is 3.71. The Morgan fingerprint density at radius 3 is 1.62 bits per heavy atom. The molecule has 2 aromatic heterocycles. The van der Waals surface area contributed by atoms with Crippen molar-refractivity contribution in [2.45, 2.75) is 69.6 Å². The van der Waals surface area contributed by atoms with Gasteiger partial charge in [-0.05, 0) is 66.2 Å². The number of anilines is 1. The summed E-state index contributed by atoms with van der Waals surface area (Å²) in [5, 5.41) is 45.4. The average molecular weight is 950 g/mol. The second-order valence-electron chi connectivity index (χ2n) is 13.6. The van der Waals surface area contributed by atoms with Gasteiger partial charge in [0.25, 0.3) is 0 Å². The molecular weight excluding hydrogens is 900 g/mol. The van der Waals surface area contributed by atoms with Crippen molar-refractivity contribution in [3.05, 3.63) is 165 Å². The second-order valence-corrected chi connectivity index (χ2v) is 16.0. The summed E-state index contributed by atoms with van der Waals surface area (Å²) in [6.07, 6.45) is 0.0219. The van der Waals surface area contributed by atoms with E-state index in [2.05, 4.69) is 31.0 Å². The number of nitrogens with two attached hydrogens (primary N) is 1. The first-order chi connectivity index (χ1) is 29.5. The second kappa shape index (κ2) is 24.7. The van der Waals surface area contributed by atoms with Crippen LogP contribution in [-0.2, 0) is 12.8 Å². The normalized spacial score (nSPS) is 16.7. The number of rotatable bonds is 7. The Hall–Kier alpha value is -5.10. The van der Waals surface area contributed by atoms with E-state index in [1.165, 1.54) is 31.3 Å². The molecule has 2 aliphatic rings. The van der Waals surface area contributed by atoms with E-state index < -0.39 is 48.9 Å². The largest absolute Gasteiger partial charge is 0.418 e. The minimum Gasteiger partial charge on any atom is -0.418 e. The summed E-state index contributed by atoms with van der Waals surface area (Å²) in [6.45, 7) is 10.1. The van der Waals surface area contributed by atoms with Crippen LogP contribution in [0.15, 0.2) is 115 Å². The van der Waals surface area contributed by atoms with Gasteiger partial charge in [-0.1, -0.05) is 147 Å². The fourth-order valence-electron chi connectivity index (χ4n) is 6.89. The van der Waals surface area contributed by atoms with Crippen LogP contribution >= 0.6 is 46.4 Å². The van der Waals surface area contributed by atoms with Gasteiger partial charge in [-0.2, -0.15) is 0 Å². The van der Waals surface area contributed by atoms with E-state index in [0.29, 0.717) is 23.6 Å². The zero-order valence-corrected chi connectivity index (χ0v) is 36.8. The van der Waals surface area contributed by atoms with Gasteiger partial charge in [0, 0.05) is 23.6 Å². The maximum Gasteiger partial charge on any atom is 0.417 e. The zero-order chi connectivity index (χ0) is 45.7. The predicted molar refractivity (Wildman–Crippen MR) is 250 cm³/mol. The zero-order valence-electron chi connectivity index (χ0n) is 33.8. The number of hydrogen-bond acceptors (Lipinski definition) is 13. The molecule has 338 valence electrons. The predicted octanol–water partition coefficient (Wildman–Crippen LogP) is 9.70. The maximum atomic E-state index is 12.1. The summed E-state index contributed by atoms with van der Waals surface area (Å²) >= 11 is 20.2. The van der Waals surface area contributed by atoms with Crippen LogP contribution in [0.5, 0.6) is 0 Å². The first kappa shape index (κ1) is 52.2. The summed E-state index contributed by atoms with van der Waals surface area (Å²) in [7, 11) is 0. The number of alkyl halides is 3. The molecular formula is C44H49Cl4N5O10. The molecule has 2 aliphatic carbocycles. The first-order valence-electron chi connectivity index (χ1n) is 19.3. The number of nitrogens with one attached hydrogen (secondary N) is 1. The highest BCUT2D eigenvalue weighted by Crippen LogP contribution is 2.38. The molecule has 0 amide bonds. The van der Waals surface area contributed by atoms with Crippen molar-refractivity contribution in [3.63, 3.8) is 0 Å². The van der Waals surface area contributed by atoms with Crippen LogP contribution in [-0.4, -0.2) is 61.1 Å². The number of nitrogens with zero attached hydrogens (tertiary/aromatic N) is 3. The first-order valence-corrected chi connectivity index (χ1v) is 21.0. The van der Waals surface area contributed by atoms with Crippen molar-refractivity contribution < 1.29 is 28.9 Å². The van der Waals surface area contributed by atoms with Crippen molar-refractivity contribution in [3.8, 4) is 0 Å². The van der Waals surface area contributed by atoms with Crippen molar-refractivity contribution in [1.82, 2.24) is 4.90 Å². The molecule has 0 bridgehead atoms. The number of nitro groups is 2. The van der Waals surface area contributed by atoms with Crippen molar-refractivity contribution in [2.24, 2.45) is 5.73 Å². The van der Waals surface area contributed by atoms with E-state index in [4.69, 9.17) is 61.0 Å². The Balaban J connectivity index is 0.000000237. The van der Waals surface area contributed by atoms with Gasteiger partial charge in [0.05, 0.1) is 34.1 Å². The minimum absolute atomic E-state index is 0. The molecule has 0 radical (unpaired) electrons. The van der Waals surface area contributed by atoms with Gasteiger partial charge < -0.3 is 35.0 Å². The Morgan fingerprint density at radius 2 is 1.13 bits per heavy atom. The van der Waals surface area contributed by atoms with Crippen LogP contribution in [0.1, 0.15) is 62.5 Å². The third-order valence-electron chi connectivity index (χ3n) is 9.99. The molecule has 0 saturated heterocycles. The molecule has 4 aromatic carbocycles. The van der Waals surface area contributed by atoms with Gasteiger partial charge in [0.1, 0.15) is 21.9 Å². The number of benzene rings is 4. The van der Waals surface area contributed by atoms with Crippen LogP contribution in [0.4, 0.5) is 17.1 Å². The van der Waals surface area contributed by atoms with Crippen LogP contribution in [0.3, 0.4) is 0 Å². The lowest BCUT2D eigenvalue weighted by atomic mass is 10.1. The summed E-state index contributed by atoms with van der Waals surface area (Å²) in [5.74, 6) is 0. The topological polar surface area (TPSA) is 228 Å². The lowest BCUT2D eigenvalue weighted by Gasteiger charge is -2.19. The summed E-state index contributed by atoms with van der Waals surface area (Å²) in [6, 6.07) is 27.7. The van der Waals surface area contributed by atoms with Gasteiger partial charge in [-0.25, -0.2) is 9.59 Å². The molecule has 0 unspecified atom stereocenters. The van der Waals surface area contributed by atoms with E-state index in [-0.39, 0.29) is 41.4 Å². The Labute approximate surface area is 383 Å². The number of para-hydroxylation sites is 2. The number of hydrogen-bond donors (Lipinski definition) is 4. The van der Waals surface area contributed by atoms with E-state index >= 15 is 0 Å². The standard InChI is InChI=1S/C18H14N2O5.C9H4ClNO4.C9H11NO.C6H15N.CHCl3.CH4/c21-13-9-10-5-1-2-6-11(10)15(13)19-16-12-7-3-4-8-14(12)25-18(22)17(16)20(23)24;10-7-5-3-1-2-4-6(5)15-9(12)8(7)11(13)14;10-9-7-4-2-1-3-6(7)5-8(9)11;1-4-7(5-2)6-3;2-1(3)4;/h1-8,13,15,19,21H,9H2;1-4H;1-4,8-9,11H,5,10H2;4-6H2,1-3H3;1H;1H4/t13-,15+;;8-,9+;;;/m1.1.../s1. The molecule has 63 heavy (non-hydrogen) atoms. The number of aliphatic hydroxyl groups excluding tert-OH is 2. The smallest absolute Gasteiger partial charge is 0.417 e. The van der Waals surface area contributed by atoms with E-state index in [1.54, 1.807) is 42.5 Å². The summed E-state index contributed by atoms with van der Waals surface area (Å²) in [4.78, 5) is 46.0. The highest BCUT2D eigenvalue weighted by Gasteiger charge is 2.34. The quantitative estimate of drug-likeness (QED) is 0.0506. The van der Waals surface area contributed by atoms with Gasteiger partial charge in [0.2, 0.25) is 0 Å². The third-order valence-corrected chi connectivity index (χ3v) is 10.4. The van der Waals surface area contributed by atoms with Gasteiger partial charge in [0.15, 0.2) is 4.30 Å². The molecule has 4 atom stereocenters. The number of halogens is 4. The van der Waals surface area contributed by atoms with E-state index in [9.17, 15) is 40.0 Å². The van der Waals surface area contributed by atoms with E-state index in [1.807, 2.05) is 48.5 Å². The molecule has 2 heterocycles. The van der Waals surface area contributed by atoms with Crippen LogP contribution < -0.4 is 22.3 Å². The number of aliphatic hydroxyl groups is 2. The SMILES string of the molecule is C.CCN(CC)CC.ClC(Cl)Cl.N[C@H]1c2ccccc2C[C@H]1O.O=c1oc2ccccc2c(Cl)c1[N+](=O)[O-].O=c1oc2ccccc2c(N[C@H]2c3ccccc3C[C@H]2O)c1[N+](=O)[O-]. The highest BCUT2D eigenvalue weighted by molar-refractivity contribution is 6.63. The van der Waals surface area contributed by atoms with Gasteiger partial charge >= 0.3 is 22.6 Å². The Morgan fingerprint density at radius 1 is 0.714 bits per heavy atom.